The first kappa shape index (κ1) is 19.8. The molecule has 2 aromatic carbocycles. The van der Waals surface area contributed by atoms with Gasteiger partial charge in [-0.05, 0) is 42.0 Å². The number of hydrogen-bond donors (Lipinski definition) is 1. The zero-order valence-electron chi connectivity index (χ0n) is 15.3. The number of halogens is 1. The quantitative estimate of drug-likeness (QED) is 0.811. The van der Waals surface area contributed by atoms with Gasteiger partial charge in [-0.25, -0.2) is 0 Å². The first-order valence-electron chi connectivity index (χ1n) is 8.41. The third-order valence-corrected chi connectivity index (χ3v) is 4.28. The van der Waals surface area contributed by atoms with Crippen LogP contribution in [-0.4, -0.2) is 44.4 Å². The Bertz CT molecular complexity index is 743. The summed E-state index contributed by atoms with van der Waals surface area (Å²) in [5, 5.41) is 3.33. The highest BCUT2D eigenvalue weighted by atomic mass is 35.5. The Labute approximate surface area is 159 Å². The molecule has 5 nitrogen and oxygen atoms in total. The summed E-state index contributed by atoms with van der Waals surface area (Å²) in [4.78, 5) is 27.9. The molecule has 0 saturated carbocycles. The Balaban J connectivity index is 1.78. The summed E-state index contributed by atoms with van der Waals surface area (Å²) < 4.78 is 0. The third-order valence-electron chi connectivity index (χ3n) is 4.03. The molecule has 0 aliphatic heterocycles. The fraction of sp³-hybridized carbons (Fsp3) is 0.300. The van der Waals surface area contributed by atoms with E-state index in [1.54, 1.807) is 36.2 Å². The Morgan fingerprint density at radius 3 is 2.15 bits per heavy atom. The van der Waals surface area contributed by atoms with Gasteiger partial charge in [-0.15, -0.1) is 0 Å². The van der Waals surface area contributed by atoms with Gasteiger partial charge in [-0.2, -0.15) is 0 Å². The predicted molar refractivity (Wildman–Crippen MR) is 106 cm³/mol. The van der Waals surface area contributed by atoms with Crippen molar-refractivity contribution in [2.75, 3.05) is 32.6 Å². The maximum absolute atomic E-state index is 12.2. The van der Waals surface area contributed by atoms with E-state index in [4.69, 9.17) is 11.6 Å². The van der Waals surface area contributed by atoms with Crippen molar-refractivity contribution in [3.63, 3.8) is 0 Å². The molecule has 0 aliphatic carbocycles. The first-order chi connectivity index (χ1) is 12.4. The minimum atomic E-state index is -0.212. The van der Waals surface area contributed by atoms with E-state index in [0.29, 0.717) is 23.7 Å². The summed E-state index contributed by atoms with van der Waals surface area (Å²) in [5.41, 5.74) is 2.71. The molecule has 0 saturated heterocycles. The van der Waals surface area contributed by atoms with Crippen LogP contribution >= 0.6 is 11.6 Å². The lowest BCUT2D eigenvalue weighted by Crippen LogP contribution is -2.31. The zero-order valence-corrected chi connectivity index (χ0v) is 16.1. The van der Waals surface area contributed by atoms with Crippen molar-refractivity contribution >= 4 is 29.1 Å². The molecule has 0 aromatic heterocycles. The molecule has 2 amide bonds. The fourth-order valence-corrected chi connectivity index (χ4v) is 2.56. The Morgan fingerprint density at radius 2 is 1.58 bits per heavy atom. The molecular formula is C20H24ClN3O2. The van der Waals surface area contributed by atoms with E-state index in [1.165, 1.54) is 0 Å². The van der Waals surface area contributed by atoms with Crippen LogP contribution in [0.5, 0.6) is 0 Å². The molecule has 26 heavy (non-hydrogen) atoms. The standard InChI is InChI=1S/C20H24ClN3O2/c1-23(2)18-10-4-15(5-11-18)14-24(3)19(25)12-13-22-20(26)16-6-8-17(21)9-7-16/h4-11H,12-14H2,1-3H3,(H,22,26). The molecule has 6 heteroatoms. The van der Waals surface area contributed by atoms with Crippen LogP contribution in [-0.2, 0) is 11.3 Å². The van der Waals surface area contributed by atoms with Gasteiger partial charge in [0.05, 0.1) is 0 Å². The second-order valence-corrected chi connectivity index (χ2v) is 6.76. The minimum absolute atomic E-state index is 0.0157. The SMILES string of the molecule is CN(Cc1ccc(N(C)C)cc1)C(=O)CCNC(=O)c1ccc(Cl)cc1. The molecule has 2 rings (SSSR count). The van der Waals surface area contributed by atoms with Crippen LogP contribution in [0.25, 0.3) is 0 Å². The summed E-state index contributed by atoms with van der Waals surface area (Å²) in [6.07, 6.45) is 0.256. The van der Waals surface area contributed by atoms with Crippen LogP contribution in [0.2, 0.25) is 5.02 Å². The normalized spacial score (nSPS) is 10.3. The molecule has 0 spiro atoms. The maximum Gasteiger partial charge on any atom is 0.251 e. The molecule has 0 atom stereocenters. The number of rotatable bonds is 7. The largest absolute Gasteiger partial charge is 0.378 e. The van der Waals surface area contributed by atoms with E-state index < -0.39 is 0 Å². The second-order valence-electron chi connectivity index (χ2n) is 6.32. The summed E-state index contributed by atoms with van der Waals surface area (Å²) >= 11 is 5.80. The van der Waals surface area contributed by atoms with Crippen LogP contribution in [0.4, 0.5) is 5.69 Å². The summed E-state index contributed by atoms with van der Waals surface area (Å²) in [7, 11) is 5.75. The molecule has 0 heterocycles. The molecule has 0 bridgehead atoms. The molecule has 1 N–H and O–H groups in total. The first-order valence-corrected chi connectivity index (χ1v) is 8.78. The lowest BCUT2D eigenvalue weighted by atomic mass is 10.2. The van der Waals surface area contributed by atoms with Gasteiger partial charge in [0.25, 0.3) is 5.91 Å². The number of carbonyl (C=O) groups is 2. The van der Waals surface area contributed by atoms with Gasteiger partial charge in [0, 0.05) is 56.9 Å². The van der Waals surface area contributed by atoms with Crippen LogP contribution in [0.3, 0.4) is 0 Å². The van der Waals surface area contributed by atoms with Gasteiger partial charge in [0.1, 0.15) is 0 Å². The van der Waals surface area contributed by atoms with Gasteiger partial charge < -0.3 is 15.1 Å². The maximum atomic E-state index is 12.2. The number of anilines is 1. The molecule has 0 aliphatic rings. The van der Waals surface area contributed by atoms with Crippen molar-refractivity contribution in [2.24, 2.45) is 0 Å². The van der Waals surface area contributed by atoms with Gasteiger partial charge in [-0.3, -0.25) is 9.59 Å². The van der Waals surface area contributed by atoms with Crippen molar-refractivity contribution in [3.05, 3.63) is 64.7 Å². The Hall–Kier alpha value is -2.53. The van der Waals surface area contributed by atoms with Gasteiger partial charge in [0.2, 0.25) is 5.91 Å². The smallest absolute Gasteiger partial charge is 0.251 e. The number of carbonyl (C=O) groups excluding carboxylic acids is 2. The summed E-state index contributed by atoms with van der Waals surface area (Å²) in [6.45, 7) is 0.835. The van der Waals surface area contributed by atoms with Crippen molar-refractivity contribution < 1.29 is 9.59 Å². The molecule has 138 valence electrons. The lowest BCUT2D eigenvalue weighted by Gasteiger charge is -2.18. The molecule has 0 fully saturated rings. The van der Waals surface area contributed by atoms with Gasteiger partial charge in [-0.1, -0.05) is 23.7 Å². The summed E-state index contributed by atoms with van der Waals surface area (Å²) in [6, 6.07) is 14.7. The Kier molecular flexibility index (Phi) is 7.04. The highest BCUT2D eigenvalue weighted by Crippen LogP contribution is 2.13. The third kappa shape index (κ3) is 5.77. The van der Waals surface area contributed by atoms with Crippen LogP contribution in [0.1, 0.15) is 22.3 Å². The van der Waals surface area contributed by atoms with Gasteiger partial charge in [0.15, 0.2) is 0 Å². The highest BCUT2D eigenvalue weighted by Gasteiger charge is 2.11. The van der Waals surface area contributed by atoms with Crippen LogP contribution in [0, 0.1) is 0 Å². The minimum Gasteiger partial charge on any atom is -0.378 e. The monoisotopic (exact) mass is 373 g/mol. The van der Waals surface area contributed by atoms with E-state index in [0.717, 1.165) is 11.3 Å². The average Bonchev–Trinajstić information content (AvgIpc) is 2.62. The number of nitrogens with one attached hydrogen (secondary N) is 1. The fourth-order valence-electron chi connectivity index (χ4n) is 2.44. The second kappa shape index (κ2) is 9.25. The number of nitrogens with zero attached hydrogens (tertiary/aromatic N) is 2. The van der Waals surface area contributed by atoms with E-state index in [1.807, 2.05) is 43.3 Å². The number of benzene rings is 2. The molecule has 2 aromatic rings. The van der Waals surface area contributed by atoms with E-state index in [9.17, 15) is 9.59 Å². The number of amides is 2. The summed E-state index contributed by atoms with van der Waals surface area (Å²) in [5.74, 6) is -0.227. The number of hydrogen-bond acceptors (Lipinski definition) is 3. The zero-order chi connectivity index (χ0) is 19.1. The molecule has 0 unspecified atom stereocenters. The topological polar surface area (TPSA) is 52.6 Å². The molecule has 0 radical (unpaired) electrons. The average molecular weight is 374 g/mol. The van der Waals surface area contributed by atoms with Crippen molar-refractivity contribution in [1.29, 1.82) is 0 Å². The van der Waals surface area contributed by atoms with Crippen molar-refractivity contribution in [1.82, 2.24) is 10.2 Å². The predicted octanol–water partition coefficient (Wildman–Crippen LogP) is 3.18. The van der Waals surface area contributed by atoms with Crippen molar-refractivity contribution in [3.8, 4) is 0 Å². The molecular weight excluding hydrogens is 350 g/mol. The van der Waals surface area contributed by atoms with E-state index >= 15 is 0 Å². The Morgan fingerprint density at radius 1 is 0.962 bits per heavy atom. The van der Waals surface area contributed by atoms with Crippen LogP contribution in [0.15, 0.2) is 48.5 Å². The van der Waals surface area contributed by atoms with E-state index in [2.05, 4.69) is 5.32 Å². The lowest BCUT2D eigenvalue weighted by molar-refractivity contribution is -0.130. The van der Waals surface area contributed by atoms with Crippen LogP contribution < -0.4 is 10.2 Å². The van der Waals surface area contributed by atoms with Gasteiger partial charge >= 0.3 is 0 Å². The van der Waals surface area contributed by atoms with E-state index in [-0.39, 0.29) is 18.2 Å². The highest BCUT2D eigenvalue weighted by molar-refractivity contribution is 6.30. The van der Waals surface area contributed by atoms with Crippen molar-refractivity contribution in [2.45, 2.75) is 13.0 Å².